The normalized spacial score (nSPS) is 21.8. The van der Waals surface area contributed by atoms with Crippen molar-refractivity contribution < 1.29 is 4.39 Å². The van der Waals surface area contributed by atoms with Crippen LogP contribution >= 0.6 is 12.2 Å². The molecule has 1 saturated carbocycles. The van der Waals surface area contributed by atoms with Gasteiger partial charge in [-0.25, -0.2) is 4.39 Å². The molecule has 0 aromatic heterocycles. The van der Waals surface area contributed by atoms with Crippen LogP contribution < -0.4 is 5.73 Å². The Bertz CT molecular complexity index is 528. The summed E-state index contributed by atoms with van der Waals surface area (Å²) < 4.78 is 14.0. The van der Waals surface area contributed by atoms with Crippen molar-refractivity contribution in [3.63, 3.8) is 0 Å². The van der Waals surface area contributed by atoms with E-state index in [4.69, 9.17) is 18.0 Å². The van der Waals surface area contributed by atoms with Crippen LogP contribution in [0.4, 0.5) is 4.39 Å². The number of nitrogens with zero attached hydrogens (tertiary/aromatic N) is 1. The highest BCUT2D eigenvalue weighted by molar-refractivity contribution is 7.80. The van der Waals surface area contributed by atoms with Gasteiger partial charge < -0.3 is 5.73 Å². The predicted molar refractivity (Wildman–Crippen MR) is 87.7 cm³/mol. The molecular formula is C17H23FN2S. The molecule has 1 aromatic rings. The Kier molecular flexibility index (Phi) is 4.27. The van der Waals surface area contributed by atoms with E-state index in [0.29, 0.717) is 22.5 Å². The van der Waals surface area contributed by atoms with Crippen LogP contribution in [0.1, 0.15) is 49.7 Å². The van der Waals surface area contributed by atoms with E-state index in [1.54, 1.807) is 12.1 Å². The summed E-state index contributed by atoms with van der Waals surface area (Å²) >= 11 is 4.98. The van der Waals surface area contributed by atoms with Crippen LogP contribution in [0.2, 0.25) is 0 Å². The number of rotatable bonds is 3. The van der Waals surface area contributed by atoms with Gasteiger partial charge in [0.15, 0.2) is 0 Å². The summed E-state index contributed by atoms with van der Waals surface area (Å²) in [5, 5.41) is 0. The highest BCUT2D eigenvalue weighted by atomic mass is 32.1. The van der Waals surface area contributed by atoms with Gasteiger partial charge in [0.25, 0.3) is 0 Å². The minimum Gasteiger partial charge on any atom is -0.389 e. The summed E-state index contributed by atoms with van der Waals surface area (Å²) in [7, 11) is 0. The zero-order valence-corrected chi connectivity index (χ0v) is 13.2. The molecule has 2 N–H and O–H groups in total. The molecule has 2 aliphatic rings. The molecule has 3 rings (SSSR count). The predicted octanol–water partition coefficient (Wildman–Crippen LogP) is 3.62. The molecule has 4 heteroatoms. The van der Waals surface area contributed by atoms with Gasteiger partial charge in [0, 0.05) is 17.7 Å². The number of benzene rings is 1. The van der Waals surface area contributed by atoms with Crippen molar-refractivity contribution in [2.24, 2.45) is 11.1 Å². The summed E-state index contributed by atoms with van der Waals surface area (Å²) in [6.45, 7) is 2.83. The second-order valence-corrected chi connectivity index (χ2v) is 7.09. The summed E-state index contributed by atoms with van der Waals surface area (Å²) in [4.78, 5) is 2.70. The van der Waals surface area contributed by atoms with Gasteiger partial charge in [-0.05, 0) is 62.4 Å². The summed E-state index contributed by atoms with van der Waals surface area (Å²) in [5.74, 6) is -0.156. The molecule has 1 heterocycles. The quantitative estimate of drug-likeness (QED) is 0.865. The Balaban J connectivity index is 1.65. The lowest BCUT2D eigenvalue weighted by atomic mass is 9.77. The third-order valence-corrected chi connectivity index (χ3v) is 5.54. The summed E-state index contributed by atoms with van der Waals surface area (Å²) in [6, 6.07) is 4.94. The molecule has 1 aromatic carbocycles. The Morgan fingerprint density at radius 2 is 1.86 bits per heavy atom. The molecule has 2 nitrogen and oxygen atoms in total. The number of hydrogen-bond donors (Lipinski definition) is 1. The molecule has 114 valence electrons. The molecule has 1 aliphatic heterocycles. The fourth-order valence-electron chi connectivity index (χ4n) is 3.90. The molecule has 1 saturated heterocycles. The van der Waals surface area contributed by atoms with Gasteiger partial charge in [0.2, 0.25) is 0 Å². The lowest BCUT2D eigenvalue weighted by Crippen LogP contribution is -2.38. The maximum absolute atomic E-state index is 14.0. The van der Waals surface area contributed by atoms with Crippen molar-refractivity contribution in [1.29, 1.82) is 0 Å². The van der Waals surface area contributed by atoms with E-state index in [1.807, 2.05) is 0 Å². The van der Waals surface area contributed by atoms with E-state index in [2.05, 4.69) is 4.90 Å². The SMILES string of the molecule is NC(=S)c1ccc(F)c(CN2CCC3(CCCC3)CC2)c1. The van der Waals surface area contributed by atoms with Gasteiger partial charge in [-0.1, -0.05) is 25.1 Å². The molecule has 0 unspecified atom stereocenters. The zero-order chi connectivity index (χ0) is 14.9. The monoisotopic (exact) mass is 306 g/mol. The molecular weight excluding hydrogens is 283 g/mol. The second kappa shape index (κ2) is 6.01. The Morgan fingerprint density at radius 3 is 2.48 bits per heavy atom. The van der Waals surface area contributed by atoms with E-state index in [-0.39, 0.29) is 5.82 Å². The van der Waals surface area contributed by atoms with Gasteiger partial charge in [0.1, 0.15) is 10.8 Å². The number of halogens is 1. The molecule has 21 heavy (non-hydrogen) atoms. The van der Waals surface area contributed by atoms with Gasteiger partial charge in [-0.15, -0.1) is 0 Å². The zero-order valence-electron chi connectivity index (χ0n) is 12.4. The van der Waals surface area contributed by atoms with Crippen LogP contribution in [-0.4, -0.2) is 23.0 Å². The van der Waals surface area contributed by atoms with Crippen LogP contribution in [0.3, 0.4) is 0 Å². The van der Waals surface area contributed by atoms with E-state index in [1.165, 1.54) is 44.6 Å². The minimum absolute atomic E-state index is 0.156. The lowest BCUT2D eigenvalue weighted by Gasteiger charge is -2.39. The third-order valence-electron chi connectivity index (χ3n) is 5.31. The molecule has 0 radical (unpaired) electrons. The van der Waals surface area contributed by atoms with Crippen LogP contribution in [0.5, 0.6) is 0 Å². The molecule has 1 aliphatic carbocycles. The third kappa shape index (κ3) is 3.27. The van der Waals surface area contributed by atoms with Gasteiger partial charge in [0.05, 0.1) is 0 Å². The first-order chi connectivity index (χ1) is 10.1. The molecule has 1 spiro atoms. The largest absolute Gasteiger partial charge is 0.389 e. The van der Waals surface area contributed by atoms with Crippen molar-refractivity contribution in [3.05, 3.63) is 35.1 Å². The van der Waals surface area contributed by atoms with Crippen LogP contribution in [0, 0.1) is 11.2 Å². The average molecular weight is 306 g/mol. The Hall–Kier alpha value is -1.00. The van der Waals surface area contributed by atoms with Crippen molar-refractivity contribution in [2.45, 2.75) is 45.1 Å². The topological polar surface area (TPSA) is 29.3 Å². The van der Waals surface area contributed by atoms with E-state index in [0.717, 1.165) is 18.7 Å². The first-order valence-corrected chi connectivity index (χ1v) is 8.29. The number of nitrogens with two attached hydrogens (primary N) is 1. The molecule has 0 amide bonds. The average Bonchev–Trinajstić information content (AvgIpc) is 2.92. The summed E-state index contributed by atoms with van der Waals surface area (Å²) in [5.41, 5.74) is 7.71. The fraction of sp³-hybridized carbons (Fsp3) is 0.588. The maximum atomic E-state index is 14.0. The van der Waals surface area contributed by atoms with Crippen LogP contribution in [0.15, 0.2) is 18.2 Å². The highest BCUT2D eigenvalue weighted by Gasteiger charge is 2.36. The van der Waals surface area contributed by atoms with Gasteiger partial charge in [-0.3, -0.25) is 4.90 Å². The highest BCUT2D eigenvalue weighted by Crippen LogP contribution is 2.46. The molecule has 0 atom stereocenters. The van der Waals surface area contributed by atoms with Crippen LogP contribution in [0.25, 0.3) is 0 Å². The van der Waals surface area contributed by atoms with Gasteiger partial charge >= 0.3 is 0 Å². The fourth-order valence-corrected chi connectivity index (χ4v) is 4.03. The molecule has 0 bridgehead atoms. The Morgan fingerprint density at radius 1 is 1.19 bits per heavy atom. The standard InChI is InChI=1S/C17H23FN2S/c18-15-4-3-13(16(19)21)11-14(15)12-20-9-7-17(8-10-20)5-1-2-6-17/h3-4,11H,1-2,5-10,12H2,(H2,19,21). The van der Waals surface area contributed by atoms with Crippen LogP contribution in [-0.2, 0) is 6.54 Å². The van der Waals surface area contributed by atoms with Crippen molar-refractivity contribution in [1.82, 2.24) is 4.90 Å². The first kappa shape index (κ1) is 14.9. The minimum atomic E-state index is -0.156. The lowest BCUT2D eigenvalue weighted by molar-refractivity contribution is 0.103. The Labute approximate surface area is 131 Å². The number of likely N-dealkylation sites (tertiary alicyclic amines) is 1. The molecule has 2 fully saturated rings. The van der Waals surface area contributed by atoms with Crippen molar-refractivity contribution in [2.75, 3.05) is 13.1 Å². The number of hydrogen-bond acceptors (Lipinski definition) is 2. The number of piperidine rings is 1. The van der Waals surface area contributed by atoms with Crippen molar-refractivity contribution >= 4 is 17.2 Å². The van der Waals surface area contributed by atoms with E-state index >= 15 is 0 Å². The van der Waals surface area contributed by atoms with E-state index in [9.17, 15) is 4.39 Å². The van der Waals surface area contributed by atoms with Gasteiger partial charge in [-0.2, -0.15) is 0 Å². The smallest absolute Gasteiger partial charge is 0.127 e. The second-order valence-electron chi connectivity index (χ2n) is 6.65. The first-order valence-electron chi connectivity index (χ1n) is 7.89. The van der Waals surface area contributed by atoms with E-state index < -0.39 is 0 Å². The maximum Gasteiger partial charge on any atom is 0.127 e. The van der Waals surface area contributed by atoms with Crippen molar-refractivity contribution in [3.8, 4) is 0 Å². The summed E-state index contributed by atoms with van der Waals surface area (Å²) in [6.07, 6.45) is 8.11. The number of thiocarbonyl (C=S) groups is 1.